The van der Waals surface area contributed by atoms with Gasteiger partial charge in [-0.15, -0.1) is 0 Å². The number of aliphatic imine (C=N–C) groups is 1. The highest BCUT2D eigenvalue weighted by molar-refractivity contribution is 6.16. The predicted molar refractivity (Wildman–Crippen MR) is 110 cm³/mol. The summed E-state index contributed by atoms with van der Waals surface area (Å²) >= 11 is 0. The second kappa shape index (κ2) is 8.15. The molecule has 4 nitrogen and oxygen atoms in total. The first kappa shape index (κ1) is 19.5. The molecule has 27 heavy (non-hydrogen) atoms. The van der Waals surface area contributed by atoms with Gasteiger partial charge in [0.1, 0.15) is 0 Å². The van der Waals surface area contributed by atoms with Gasteiger partial charge in [0, 0.05) is 18.7 Å². The van der Waals surface area contributed by atoms with E-state index in [9.17, 15) is 4.79 Å². The Kier molecular flexibility index (Phi) is 5.88. The van der Waals surface area contributed by atoms with Gasteiger partial charge in [-0.3, -0.25) is 14.7 Å². The summed E-state index contributed by atoms with van der Waals surface area (Å²) in [6.45, 7) is 5.78. The summed E-state index contributed by atoms with van der Waals surface area (Å²) in [5.74, 6) is 0.0980. The molecule has 0 aromatic heterocycles. The van der Waals surface area contributed by atoms with Gasteiger partial charge in [0.15, 0.2) is 5.78 Å². The molecule has 0 amide bonds. The summed E-state index contributed by atoms with van der Waals surface area (Å²) in [4.78, 5) is 19.8. The molecule has 1 heterocycles. The highest BCUT2D eigenvalue weighted by atomic mass is 16.3. The quantitative estimate of drug-likeness (QED) is 0.765. The van der Waals surface area contributed by atoms with E-state index < -0.39 is 0 Å². The van der Waals surface area contributed by atoms with Crippen LogP contribution in [0.25, 0.3) is 0 Å². The monoisotopic (exact) mass is 364 g/mol. The number of carbonyl (C=O) groups excluding carboxylic acids is 1. The Labute approximate surface area is 161 Å². The maximum Gasteiger partial charge on any atom is 0.168 e. The van der Waals surface area contributed by atoms with Gasteiger partial charge >= 0.3 is 0 Å². The summed E-state index contributed by atoms with van der Waals surface area (Å²) in [5, 5.41) is 9.12. The maximum absolute atomic E-state index is 12.8. The van der Waals surface area contributed by atoms with Gasteiger partial charge in [0.05, 0.1) is 24.3 Å². The first-order valence-corrected chi connectivity index (χ1v) is 9.46. The van der Waals surface area contributed by atoms with Crippen molar-refractivity contribution in [2.45, 2.75) is 38.8 Å². The summed E-state index contributed by atoms with van der Waals surface area (Å²) in [5.41, 5.74) is 4.91. The molecule has 3 rings (SSSR count). The van der Waals surface area contributed by atoms with Gasteiger partial charge in [-0.25, -0.2) is 0 Å². The zero-order valence-electron chi connectivity index (χ0n) is 16.4. The standard InChI is InChI=1S/C23H28N2O2/c1-23(2)15-19-10-9-17(16-25(3)11-12-26)13-20(19)21(24-23)14-22(27)18-7-5-4-6-8-18/h4-10,13,26H,11-12,14-16H2,1-3H3. The minimum Gasteiger partial charge on any atom is -0.395 e. The lowest BCUT2D eigenvalue weighted by atomic mass is 9.84. The van der Waals surface area contributed by atoms with E-state index in [4.69, 9.17) is 10.1 Å². The number of carbonyl (C=O) groups is 1. The highest BCUT2D eigenvalue weighted by Crippen LogP contribution is 2.29. The zero-order chi connectivity index (χ0) is 19.4. The third-order valence-corrected chi connectivity index (χ3v) is 4.90. The second-order valence-corrected chi connectivity index (χ2v) is 7.97. The molecule has 0 fully saturated rings. The van der Waals surface area contributed by atoms with E-state index >= 15 is 0 Å². The largest absolute Gasteiger partial charge is 0.395 e. The fraction of sp³-hybridized carbons (Fsp3) is 0.391. The number of fused-ring (bicyclic) bond motifs is 1. The first-order valence-electron chi connectivity index (χ1n) is 9.46. The number of Topliss-reactive ketones (excluding diaryl/α,β-unsaturated/α-hetero) is 1. The van der Waals surface area contributed by atoms with Crippen LogP contribution in [0.2, 0.25) is 0 Å². The number of likely N-dealkylation sites (N-methyl/N-ethyl adjacent to an activating group) is 1. The normalized spacial score (nSPS) is 15.4. The number of nitrogens with zero attached hydrogens (tertiary/aromatic N) is 2. The van der Waals surface area contributed by atoms with Crippen molar-refractivity contribution in [1.29, 1.82) is 0 Å². The minimum atomic E-state index is -0.200. The molecular weight excluding hydrogens is 336 g/mol. The number of ketones is 1. The van der Waals surface area contributed by atoms with E-state index in [0.29, 0.717) is 13.0 Å². The molecule has 1 aliphatic heterocycles. The summed E-state index contributed by atoms with van der Waals surface area (Å²) in [7, 11) is 1.99. The zero-order valence-corrected chi connectivity index (χ0v) is 16.4. The Bertz CT molecular complexity index is 841. The third kappa shape index (κ3) is 4.90. The van der Waals surface area contributed by atoms with Crippen LogP contribution in [0, 0.1) is 0 Å². The molecule has 0 radical (unpaired) electrons. The molecule has 2 aromatic rings. The lowest BCUT2D eigenvalue weighted by molar-refractivity contribution is 0.100. The number of aliphatic hydroxyl groups excluding tert-OH is 1. The average Bonchev–Trinajstić information content (AvgIpc) is 2.62. The third-order valence-electron chi connectivity index (χ3n) is 4.90. The molecule has 0 aliphatic carbocycles. The van der Waals surface area contributed by atoms with Crippen LogP contribution in [0.15, 0.2) is 53.5 Å². The number of benzene rings is 2. The Balaban J connectivity index is 1.89. The van der Waals surface area contributed by atoms with E-state index in [1.165, 1.54) is 11.1 Å². The lowest BCUT2D eigenvalue weighted by Crippen LogP contribution is -2.30. The fourth-order valence-electron chi connectivity index (χ4n) is 3.65. The number of hydrogen-bond acceptors (Lipinski definition) is 4. The van der Waals surface area contributed by atoms with Crippen LogP contribution in [0.5, 0.6) is 0 Å². The van der Waals surface area contributed by atoms with Crippen molar-refractivity contribution >= 4 is 11.5 Å². The molecule has 1 N–H and O–H groups in total. The molecule has 0 atom stereocenters. The molecule has 4 heteroatoms. The van der Waals surface area contributed by atoms with Gasteiger partial charge in [-0.05, 0) is 50.1 Å². The Hall–Kier alpha value is -2.30. The van der Waals surface area contributed by atoms with Gasteiger partial charge < -0.3 is 5.11 Å². The Morgan fingerprint density at radius 1 is 1.19 bits per heavy atom. The number of aliphatic hydroxyl groups is 1. The minimum absolute atomic E-state index is 0.0980. The summed E-state index contributed by atoms with van der Waals surface area (Å²) in [6.07, 6.45) is 1.19. The Morgan fingerprint density at radius 2 is 1.93 bits per heavy atom. The topological polar surface area (TPSA) is 52.9 Å². The van der Waals surface area contributed by atoms with Gasteiger partial charge in [-0.1, -0.05) is 42.5 Å². The fourth-order valence-corrected chi connectivity index (χ4v) is 3.65. The maximum atomic E-state index is 12.8. The Morgan fingerprint density at radius 3 is 2.63 bits per heavy atom. The molecule has 0 saturated carbocycles. The predicted octanol–water partition coefficient (Wildman–Crippen LogP) is 3.51. The summed E-state index contributed by atoms with van der Waals surface area (Å²) in [6, 6.07) is 15.9. The summed E-state index contributed by atoms with van der Waals surface area (Å²) < 4.78 is 0. The molecule has 0 bridgehead atoms. The van der Waals surface area contributed by atoms with E-state index in [-0.39, 0.29) is 17.9 Å². The smallest absolute Gasteiger partial charge is 0.168 e. The van der Waals surface area contributed by atoms with Crippen molar-refractivity contribution in [1.82, 2.24) is 4.90 Å². The first-order chi connectivity index (χ1) is 12.9. The number of rotatable bonds is 7. The molecule has 142 valence electrons. The molecule has 2 aromatic carbocycles. The van der Waals surface area contributed by atoms with E-state index in [2.05, 4.69) is 36.9 Å². The van der Waals surface area contributed by atoms with Gasteiger partial charge in [-0.2, -0.15) is 0 Å². The molecule has 0 saturated heterocycles. The van der Waals surface area contributed by atoms with Crippen LogP contribution in [0.4, 0.5) is 0 Å². The van der Waals surface area contributed by atoms with E-state index in [1.54, 1.807) is 0 Å². The molecule has 0 unspecified atom stereocenters. The van der Waals surface area contributed by atoms with Crippen LogP contribution >= 0.6 is 0 Å². The van der Waals surface area contributed by atoms with E-state index in [0.717, 1.165) is 29.8 Å². The van der Waals surface area contributed by atoms with Gasteiger partial charge in [0.2, 0.25) is 0 Å². The van der Waals surface area contributed by atoms with Crippen molar-refractivity contribution in [2.24, 2.45) is 4.99 Å². The van der Waals surface area contributed by atoms with Crippen molar-refractivity contribution < 1.29 is 9.90 Å². The van der Waals surface area contributed by atoms with Crippen molar-refractivity contribution in [2.75, 3.05) is 20.2 Å². The highest BCUT2D eigenvalue weighted by Gasteiger charge is 2.28. The van der Waals surface area contributed by atoms with Crippen LogP contribution in [0.3, 0.4) is 0 Å². The molecule has 0 spiro atoms. The average molecular weight is 364 g/mol. The second-order valence-electron chi connectivity index (χ2n) is 7.97. The van der Waals surface area contributed by atoms with Crippen LogP contribution in [-0.4, -0.2) is 47.2 Å². The van der Waals surface area contributed by atoms with Crippen molar-refractivity contribution in [3.63, 3.8) is 0 Å². The van der Waals surface area contributed by atoms with Crippen LogP contribution < -0.4 is 0 Å². The van der Waals surface area contributed by atoms with Gasteiger partial charge in [0.25, 0.3) is 0 Å². The van der Waals surface area contributed by atoms with Crippen LogP contribution in [0.1, 0.15) is 47.3 Å². The lowest BCUT2D eigenvalue weighted by Gasteiger charge is -2.29. The molecule has 1 aliphatic rings. The van der Waals surface area contributed by atoms with Crippen LogP contribution in [-0.2, 0) is 13.0 Å². The van der Waals surface area contributed by atoms with Crippen molar-refractivity contribution in [3.8, 4) is 0 Å². The molecular formula is C23H28N2O2. The van der Waals surface area contributed by atoms with E-state index in [1.807, 2.05) is 37.4 Å². The van der Waals surface area contributed by atoms with Crippen molar-refractivity contribution in [3.05, 3.63) is 70.8 Å². The number of hydrogen-bond donors (Lipinski definition) is 1. The SMILES string of the molecule is CN(CCO)Cc1ccc2c(c1)C(CC(=O)c1ccccc1)=NC(C)(C)C2.